The maximum atomic E-state index is 12.9. The smallest absolute Gasteiger partial charge is 0.462 e. The van der Waals surface area contributed by atoms with Gasteiger partial charge in [-0.15, -0.1) is 0 Å². The molecule has 2 N–H and O–H groups in total. The van der Waals surface area contributed by atoms with Gasteiger partial charge in [-0.05, 0) is 57.8 Å². The number of phosphoric acid groups is 1. The van der Waals surface area contributed by atoms with E-state index in [9.17, 15) is 28.9 Å². The number of carbonyl (C=O) groups excluding carboxylic acids is 3. The molecule has 0 bridgehead atoms. The number of ether oxygens (including phenoxy) is 3. The van der Waals surface area contributed by atoms with Crippen molar-refractivity contribution in [3.8, 4) is 0 Å². The molecule has 0 aromatic carbocycles. The Morgan fingerprint density at radius 2 is 0.722 bits per heavy atom. The first kappa shape index (κ1) is 69.4. The number of aliphatic hydroxyl groups is 1. The number of hydrogen-bond donors (Lipinski definition) is 2. The molecular formula is C60H109O11P. The number of unbranched alkanes of at least 4 members (excludes halogenated alkanes) is 30. The van der Waals surface area contributed by atoms with Crippen molar-refractivity contribution in [2.75, 3.05) is 26.4 Å². The first-order chi connectivity index (χ1) is 35.2. The molecule has 420 valence electrons. The Labute approximate surface area is 441 Å². The van der Waals surface area contributed by atoms with Crippen LogP contribution in [0.2, 0.25) is 0 Å². The fraction of sp³-hybridized carbons (Fsp3) is 0.817. The molecule has 0 rings (SSSR count). The summed E-state index contributed by atoms with van der Waals surface area (Å²) in [6, 6.07) is 0. The van der Waals surface area contributed by atoms with Crippen LogP contribution >= 0.6 is 7.82 Å². The van der Waals surface area contributed by atoms with Gasteiger partial charge in [-0.3, -0.25) is 23.4 Å². The normalized spacial score (nSPS) is 13.7. The minimum absolute atomic E-state index is 0.163. The Balaban J connectivity index is 4.72. The van der Waals surface area contributed by atoms with Crippen LogP contribution in [-0.4, -0.2) is 66.5 Å². The predicted octanol–water partition coefficient (Wildman–Crippen LogP) is 17.4. The van der Waals surface area contributed by atoms with E-state index in [1.54, 1.807) is 0 Å². The van der Waals surface area contributed by atoms with E-state index in [2.05, 4.69) is 69.4 Å². The van der Waals surface area contributed by atoms with E-state index < -0.39 is 57.8 Å². The number of hydrogen-bond acceptors (Lipinski definition) is 10. The zero-order chi connectivity index (χ0) is 52.7. The molecule has 3 atom stereocenters. The average molecular weight is 1040 g/mol. The molecule has 0 fully saturated rings. The number of allylic oxidation sites excluding steroid dienone is 8. The SMILES string of the molecule is CC/C=C\C/C=C\C/C=C\C/C=C\CCCCC(=O)OCC(COP(=O)(O)OCC(CO)OC(=O)CCCCCCCCCCCCCCCCC)OC(=O)CCCCCCCCCCCCCCCCC. The molecule has 0 aromatic heterocycles. The molecule has 0 radical (unpaired) electrons. The number of carbonyl (C=O) groups is 3. The van der Waals surface area contributed by atoms with Gasteiger partial charge in [-0.1, -0.05) is 249 Å². The third-order valence-electron chi connectivity index (χ3n) is 12.8. The molecule has 0 amide bonds. The van der Waals surface area contributed by atoms with Gasteiger partial charge in [0.2, 0.25) is 0 Å². The van der Waals surface area contributed by atoms with E-state index in [0.29, 0.717) is 19.3 Å². The van der Waals surface area contributed by atoms with Crippen molar-refractivity contribution in [2.45, 2.75) is 290 Å². The summed E-state index contributed by atoms with van der Waals surface area (Å²) in [5.74, 6) is -1.50. The van der Waals surface area contributed by atoms with Crippen molar-refractivity contribution in [1.29, 1.82) is 0 Å². The van der Waals surface area contributed by atoms with Crippen LogP contribution in [0.15, 0.2) is 48.6 Å². The predicted molar refractivity (Wildman–Crippen MR) is 298 cm³/mol. The molecule has 0 aliphatic carbocycles. The van der Waals surface area contributed by atoms with Gasteiger partial charge in [0.15, 0.2) is 6.10 Å². The van der Waals surface area contributed by atoms with Crippen molar-refractivity contribution in [3.05, 3.63) is 48.6 Å². The molecule has 0 saturated heterocycles. The van der Waals surface area contributed by atoms with Crippen molar-refractivity contribution < 1.29 is 52.2 Å². The highest BCUT2D eigenvalue weighted by atomic mass is 31.2. The monoisotopic (exact) mass is 1040 g/mol. The second kappa shape index (κ2) is 54.7. The Morgan fingerprint density at radius 1 is 0.403 bits per heavy atom. The number of rotatable bonds is 55. The maximum absolute atomic E-state index is 12.9. The van der Waals surface area contributed by atoms with Crippen LogP contribution < -0.4 is 0 Å². The summed E-state index contributed by atoms with van der Waals surface area (Å²) < 4.78 is 39.5. The third-order valence-corrected chi connectivity index (χ3v) is 13.7. The second-order valence-corrected chi connectivity index (χ2v) is 21.2. The van der Waals surface area contributed by atoms with Crippen LogP contribution in [0.1, 0.15) is 278 Å². The highest BCUT2D eigenvalue weighted by Crippen LogP contribution is 2.43. The van der Waals surface area contributed by atoms with E-state index in [-0.39, 0.29) is 25.9 Å². The number of phosphoric ester groups is 1. The van der Waals surface area contributed by atoms with Crippen LogP contribution in [0.3, 0.4) is 0 Å². The first-order valence-electron chi connectivity index (χ1n) is 29.5. The summed E-state index contributed by atoms with van der Waals surface area (Å²) in [5, 5.41) is 9.82. The van der Waals surface area contributed by atoms with E-state index in [1.807, 2.05) is 0 Å². The average Bonchev–Trinajstić information content (AvgIpc) is 3.37. The minimum Gasteiger partial charge on any atom is -0.462 e. The molecule has 72 heavy (non-hydrogen) atoms. The molecule has 0 spiro atoms. The van der Waals surface area contributed by atoms with Gasteiger partial charge < -0.3 is 24.2 Å². The van der Waals surface area contributed by atoms with Crippen LogP contribution in [0, 0.1) is 0 Å². The molecule has 0 aliphatic heterocycles. The lowest BCUT2D eigenvalue weighted by Crippen LogP contribution is -2.30. The van der Waals surface area contributed by atoms with E-state index >= 15 is 0 Å². The molecule has 3 unspecified atom stereocenters. The molecule has 0 aliphatic rings. The summed E-state index contributed by atoms with van der Waals surface area (Å²) in [6.07, 6.45) is 57.8. The Kier molecular flexibility index (Phi) is 52.7. The number of esters is 3. The van der Waals surface area contributed by atoms with Crippen molar-refractivity contribution in [2.24, 2.45) is 0 Å². The largest absolute Gasteiger partial charge is 0.472 e. The lowest BCUT2D eigenvalue weighted by molar-refractivity contribution is -0.161. The van der Waals surface area contributed by atoms with Crippen LogP contribution in [0.5, 0.6) is 0 Å². The molecule has 12 heteroatoms. The van der Waals surface area contributed by atoms with Crippen LogP contribution in [-0.2, 0) is 42.2 Å². The fourth-order valence-corrected chi connectivity index (χ4v) is 9.07. The topological polar surface area (TPSA) is 155 Å². The highest BCUT2D eigenvalue weighted by Gasteiger charge is 2.28. The number of aliphatic hydroxyl groups excluding tert-OH is 1. The van der Waals surface area contributed by atoms with Gasteiger partial charge in [-0.25, -0.2) is 4.57 Å². The summed E-state index contributed by atoms with van der Waals surface area (Å²) in [7, 11) is -4.75. The lowest BCUT2D eigenvalue weighted by atomic mass is 10.0. The standard InChI is InChI=1S/C60H109O11P/c1-4-7-10-13-16-19-22-25-28-31-34-37-40-43-46-49-58(62)67-53-57(71-60(64)51-48-45-42-39-36-33-30-27-24-21-18-15-12-9-6-3)55-69-72(65,66)68-54-56(52-61)70-59(63)50-47-44-41-38-35-32-29-26-23-20-17-14-11-8-5-2/h7,10,16,19,25,28,34,37,56-57,61H,4-6,8-9,11-15,17-18,20-24,26-27,29-33,35-36,38-55H2,1-3H3,(H,65,66)/b10-7-,19-16-,28-25-,37-34-. The second-order valence-electron chi connectivity index (χ2n) is 19.8. The molecule has 0 aromatic rings. The van der Waals surface area contributed by atoms with Gasteiger partial charge in [0.05, 0.1) is 19.8 Å². The summed E-state index contributed by atoms with van der Waals surface area (Å²) in [5.41, 5.74) is 0. The third kappa shape index (κ3) is 52.3. The summed E-state index contributed by atoms with van der Waals surface area (Å²) >= 11 is 0. The van der Waals surface area contributed by atoms with E-state index in [0.717, 1.165) is 77.0 Å². The van der Waals surface area contributed by atoms with Gasteiger partial charge in [0, 0.05) is 19.3 Å². The van der Waals surface area contributed by atoms with Crippen LogP contribution in [0.25, 0.3) is 0 Å². The Bertz CT molecular complexity index is 1400. The van der Waals surface area contributed by atoms with Gasteiger partial charge in [-0.2, -0.15) is 0 Å². The first-order valence-corrected chi connectivity index (χ1v) is 31.0. The Hall–Kier alpha value is -2.56. The van der Waals surface area contributed by atoms with Crippen molar-refractivity contribution in [1.82, 2.24) is 0 Å². The van der Waals surface area contributed by atoms with Gasteiger partial charge in [0.25, 0.3) is 0 Å². The van der Waals surface area contributed by atoms with Crippen LogP contribution in [0.4, 0.5) is 0 Å². The maximum Gasteiger partial charge on any atom is 0.472 e. The lowest BCUT2D eigenvalue weighted by Gasteiger charge is -2.21. The minimum atomic E-state index is -4.75. The molecule has 11 nitrogen and oxygen atoms in total. The van der Waals surface area contributed by atoms with Gasteiger partial charge >= 0.3 is 25.7 Å². The summed E-state index contributed by atoms with van der Waals surface area (Å²) in [6.45, 7) is 4.53. The van der Waals surface area contributed by atoms with Crippen molar-refractivity contribution in [3.63, 3.8) is 0 Å². The Morgan fingerprint density at radius 3 is 1.11 bits per heavy atom. The molecule has 0 saturated carbocycles. The fourth-order valence-electron chi connectivity index (χ4n) is 8.29. The van der Waals surface area contributed by atoms with E-state index in [1.165, 1.54) is 141 Å². The van der Waals surface area contributed by atoms with Gasteiger partial charge in [0.1, 0.15) is 12.7 Å². The highest BCUT2D eigenvalue weighted by molar-refractivity contribution is 7.47. The molecular weight excluding hydrogens is 928 g/mol. The summed E-state index contributed by atoms with van der Waals surface area (Å²) in [4.78, 5) is 48.5. The quantitative estimate of drug-likeness (QED) is 0.0197. The molecule has 0 heterocycles. The zero-order valence-corrected chi connectivity index (χ0v) is 47.3. The van der Waals surface area contributed by atoms with E-state index in [4.69, 9.17) is 23.3 Å². The zero-order valence-electron chi connectivity index (χ0n) is 46.4. The van der Waals surface area contributed by atoms with Crippen molar-refractivity contribution >= 4 is 25.7 Å².